The van der Waals surface area contributed by atoms with Crippen LogP contribution in [0.25, 0.3) is 0 Å². The molecule has 0 heterocycles. The maximum atomic E-state index is 10.8. The van der Waals surface area contributed by atoms with Crippen LogP contribution in [0.2, 0.25) is 0 Å². The second kappa shape index (κ2) is 8.20. The topological polar surface area (TPSA) is 92.7 Å². The molecule has 0 unspecified atom stereocenters. The molecular weight excluding hydrogens is 262 g/mol. The summed E-state index contributed by atoms with van der Waals surface area (Å²) >= 11 is 0. The molecule has 0 aliphatic rings. The van der Waals surface area contributed by atoms with Gasteiger partial charge in [0.05, 0.1) is 6.61 Å². The summed E-state index contributed by atoms with van der Waals surface area (Å²) < 4.78 is 32.2. The minimum absolute atomic E-state index is 0.0914. The van der Waals surface area contributed by atoms with Crippen molar-refractivity contribution >= 4 is 16.4 Å². The van der Waals surface area contributed by atoms with Crippen molar-refractivity contribution in [2.75, 3.05) is 20.7 Å². The van der Waals surface area contributed by atoms with E-state index in [2.05, 4.69) is 10.8 Å². The minimum Gasteiger partial charge on any atom is -0.726 e. The first kappa shape index (κ1) is 19.4. The summed E-state index contributed by atoms with van der Waals surface area (Å²) in [6.07, 6.45) is 1.17. The van der Waals surface area contributed by atoms with Crippen LogP contribution in [0.15, 0.2) is 12.7 Å². The summed E-state index contributed by atoms with van der Waals surface area (Å²) in [6, 6.07) is 0.249. The number of carbonyl (C=O) groups is 1. The fraction of sp³-hybridized carbons (Fsp3) is 0.700. The monoisotopic (exact) mass is 283 g/mol. The molecule has 0 spiro atoms. The van der Waals surface area contributed by atoms with Gasteiger partial charge in [-0.3, -0.25) is 9.02 Å². The summed E-state index contributed by atoms with van der Waals surface area (Å²) in [5.74, 6) is -0.385. The van der Waals surface area contributed by atoms with Crippen LogP contribution in [0.1, 0.15) is 20.8 Å². The van der Waals surface area contributed by atoms with Gasteiger partial charge in [-0.05, 0) is 20.8 Å². The normalized spacial score (nSPS) is 11.5. The van der Waals surface area contributed by atoms with Crippen molar-refractivity contribution < 1.29 is 31.4 Å². The Labute approximate surface area is 108 Å². The standard InChI is InChI=1S/C8H16NO2.C2H6O4S/c1-6-8(10)11-9(4,5)7(2)3;1-2-6-7(3,4)5/h6-7H,1H2,2-5H3;2H2,1H3,(H,3,4,5)/q+1;/p-1. The van der Waals surface area contributed by atoms with Gasteiger partial charge in [0.1, 0.15) is 20.1 Å². The van der Waals surface area contributed by atoms with E-state index in [4.69, 9.17) is 4.84 Å². The molecule has 108 valence electrons. The summed E-state index contributed by atoms with van der Waals surface area (Å²) in [6.45, 7) is 8.62. The Kier molecular flexibility index (Phi) is 8.83. The predicted molar refractivity (Wildman–Crippen MR) is 64.9 cm³/mol. The Balaban J connectivity index is 0. The molecule has 7 nitrogen and oxygen atoms in total. The molecule has 0 aliphatic heterocycles. The van der Waals surface area contributed by atoms with E-state index in [0.29, 0.717) is 0 Å². The Morgan fingerprint density at radius 3 is 2.06 bits per heavy atom. The smallest absolute Gasteiger partial charge is 0.389 e. The number of quaternary nitrogens is 1. The molecule has 0 rings (SSSR count). The number of hydrogen-bond acceptors (Lipinski definition) is 6. The lowest BCUT2D eigenvalue weighted by atomic mass is 10.4. The highest BCUT2D eigenvalue weighted by atomic mass is 32.3. The van der Waals surface area contributed by atoms with E-state index in [0.717, 1.165) is 0 Å². The molecule has 0 aromatic heterocycles. The fourth-order valence-electron chi connectivity index (χ4n) is 0.519. The van der Waals surface area contributed by atoms with E-state index in [1.165, 1.54) is 13.0 Å². The Bertz CT molecular complexity index is 361. The molecule has 0 N–H and O–H groups in total. The van der Waals surface area contributed by atoms with Gasteiger partial charge in [0.25, 0.3) is 0 Å². The van der Waals surface area contributed by atoms with Crippen LogP contribution < -0.4 is 0 Å². The maximum Gasteiger partial charge on any atom is 0.389 e. The van der Waals surface area contributed by atoms with Crippen LogP contribution in [-0.2, 0) is 24.2 Å². The van der Waals surface area contributed by atoms with Crippen molar-refractivity contribution in [2.45, 2.75) is 26.8 Å². The number of carbonyl (C=O) groups excluding carboxylic acids is 1. The average Bonchev–Trinajstić information content (AvgIpc) is 2.15. The lowest BCUT2D eigenvalue weighted by Crippen LogP contribution is -2.46. The summed E-state index contributed by atoms with van der Waals surface area (Å²) in [5.41, 5.74) is 0. The van der Waals surface area contributed by atoms with Gasteiger partial charge in [0.2, 0.25) is 10.4 Å². The SMILES string of the molecule is C=CC(=O)O[N+](C)(C)C(C)C.CCOS(=O)(=O)[O-]. The lowest BCUT2D eigenvalue weighted by molar-refractivity contribution is -1.08. The third-order valence-corrected chi connectivity index (χ3v) is 2.52. The minimum atomic E-state index is -4.42. The zero-order valence-electron chi connectivity index (χ0n) is 11.4. The second-order valence-corrected chi connectivity index (χ2v) is 5.01. The highest BCUT2D eigenvalue weighted by Crippen LogP contribution is 2.06. The maximum absolute atomic E-state index is 10.8. The quantitative estimate of drug-likeness (QED) is 0.241. The fourth-order valence-corrected chi connectivity index (χ4v) is 0.808. The van der Waals surface area contributed by atoms with Crippen LogP contribution in [0.3, 0.4) is 0 Å². The van der Waals surface area contributed by atoms with Crippen molar-refractivity contribution in [3.63, 3.8) is 0 Å². The van der Waals surface area contributed by atoms with E-state index in [1.807, 2.05) is 27.9 Å². The van der Waals surface area contributed by atoms with Gasteiger partial charge >= 0.3 is 5.97 Å². The molecule has 0 radical (unpaired) electrons. The third kappa shape index (κ3) is 11.5. The molecule has 0 aliphatic carbocycles. The molecular formula is C10H21NO6S. The molecule has 0 aromatic rings. The van der Waals surface area contributed by atoms with E-state index < -0.39 is 10.4 Å². The molecule has 8 heteroatoms. The van der Waals surface area contributed by atoms with Crippen LogP contribution in [0.4, 0.5) is 0 Å². The third-order valence-electron chi connectivity index (χ3n) is 2.00. The van der Waals surface area contributed by atoms with Crippen molar-refractivity contribution in [3.05, 3.63) is 12.7 Å². The van der Waals surface area contributed by atoms with Gasteiger partial charge in [-0.25, -0.2) is 13.2 Å². The van der Waals surface area contributed by atoms with Gasteiger partial charge in [-0.15, -0.1) is 4.65 Å². The van der Waals surface area contributed by atoms with Gasteiger partial charge in [-0.2, -0.15) is 0 Å². The van der Waals surface area contributed by atoms with Crippen LogP contribution in [-0.4, -0.2) is 50.3 Å². The number of rotatable bonds is 5. The first-order valence-corrected chi connectivity index (χ1v) is 6.59. The molecule has 0 saturated carbocycles. The molecule has 0 bridgehead atoms. The molecule has 0 amide bonds. The highest BCUT2D eigenvalue weighted by molar-refractivity contribution is 7.80. The van der Waals surface area contributed by atoms with Gasteiger partial charge in [0.15, 0.2) is 0 Å². The largest absolute Gasteiger partial charge is 0.726 e. The predicted octanol–water partition coefficient (Wildman–Crippen LogP) is 0.599. The van der Waals surface area contributed by atoms with Crippen LogP contribution in [0.5, 0.6) is 0 Å². The van der Waals surface area contributed by atoms with Gasteiger partial charge < -0.3 is 4.55 Å². The van der Waals surface area contributed by atoms with Gasteiger partial charge in [-0.1, -0.05) is 6.58 Å². The average molecular weight is 283 g/mol. The molecule has 0 aromatic carbocycles. The van der Waals surface area contributed by atoms with Crippen molar-refractivity contribution in [2.24, 2.45) is 0 Å². The van der Waals surface area contributed by atoms with Crippen LogP contribution in [0, 0.1) is 0 Å². The summed E-state index contributed by atoms with van der Waals surface area (Å²) in [4.78, 5) is 15.8. The van der Waals surface area contributed by atoms with E-state index >= 15 is 0 Å². The van der Waals surface area contributed by atoms with Crippen LogP contribution >= 0.6 is 0 Å². The van der Waals surface area contributed by atoms with E-state index in [1.54, 1.807) is 0 Å². The van der Waals surface area contributed by atoms with E-state index in [9.17, 15) is 17.8 Å². The Morgan fingerprint density at radius 1 is 1.44 bits per heavy atom. The Morgan fingerprint density at radius 2 is 1.89 bits per heavy atom. The van der Waals surface area contributed by atoms with Crippen molar-refractivity contribution in [3.8, 4) is 0 Å². The number of nitrogens with zero attached hydrogens (tertiary/aromatic N) is 1. The van der Waals surface area contributed by atoms with Crippen molar-refractivity contribution in [1.82, 2.24) is 0 Å². The van der Waals surface area contributed by atoms with Gasteiger partial charge in [0, 0.05) is 6.08 Å². The lowest BCUT2D eigenvalue weighted by Gasteiger charge is -2.29. The number of hydrogen-bond donors (Lipinski definition) is 0. The molecule has 0 atom stereocenters. The van der Waals surface area contributed by atoms with Crippen molar-refractivity contribution in [1.29, 1.82) is 0 Å². The second-order valence-electron chi connectivity index (χ2n) is 3.96. The first-order valence-electron chi connectivity index (χ1n) is 5.26. The summed E-state index contributed by atoms with van der Waals surface area (Å²) in [5, 5.41) is 0. The first-order chi connectivity index (χ1) is 7.96. The Hall–Kier alpha value is -0.960. The molecule has 0 fully saturated rings. The van der Waals surface area contributed by atoms with E-state index in [-0.39, 0.29) is 23.3 Å². The highest BCUT2D eigenvalue weighted by Gasteiger charge is 2.24. The molecule has 0 saturated heterocycles. The number of hydroxylamine groups is 3. The zero-order valence-corrected chi connectivity index (χ0v) is 12.2. The molecule has 18 heavy (non-hydrogen) atoms. The summed E-state index contributed by atoms with van der Waals surface area (Å²) in [7, 11) is -0.773. The zero-order chi connectivity index (χ0) is 15.0.